The van der Waals surface area contributed by atoms with Crippen molar-refractivity contribution in [3.63, 3.8) is 0 Å². The van der Waals surface area contributed by atoms with Crippen LogP contribution in [0.3, 0.4) is 0 Å². The van der Waals surface area contributed by atoms with Crippen LogP contribution in [0.2, 0.25) is 0 Å². The van der Waals surface area contributed by atoms with Crippen molar-refractivity contribution in [2.45, 2.75) is 51.9 Å². The number of carbonyl (C=O) groups excluding carboxylic acids is 1. The smallest absolute Gasteiger partial charge is 0.330 e. The predicted octanol–water partition coefficient (Wildman–Crippen LogP) is 5.68. The van der Waals surface area contributed by atoms with E-state index in [1.54, 1.807) is 17.9 Å². The third kappa shape index (κ3) is 4.73. The number of fused-ring (bicyclic) bond motifs is 2. The highest BCUT2D eigenvalue weighted by atomic mass is 19.1. The molecule has 180 valence electrons. The number of benzene rings is 2. The van der Waals surface area contributed by atoms with Crippen LogP contribution in [-0.4, -0.2) is 41.2 Å². The van der Waals surface area contributed by atoms with E-state index in [0.717, 1.165) is 23.8 Å². The number of aryl methyl sites for hydroxylation is 1. The normalized spacial score (nSPS) is 19.1. The zero-order valence-corrected chi connectivity index (χ0v) is 19.8. The molecule has 2 heterocycles. The molecule has 0 N–H and O–H groups in total. The Kier molecular flexibility index (Phi) is 6.29. The zero-order valence-electron chi connectivity index (χ0n) is 19.8. The van der Waals surface area contributed by atoms with E-state index in [9.17, 15) is 9.18 Å². The molecular weight excluding hydrogens is 445 g/mol. The highest BCUT2D eigenvalue weighted by molar-refractivity contribution is 5.87. The lowest BCUT2D eigenvalue weighted by Gasteiger charge is -2.44. The summed E-state index contributed by atoms with van der Waals surface area (Å²) in [5.41, 5.74) is 1.13. The van der Waals surface area contributed by atoms with Gasteiger partial charge in [-0.2, -0.15) is 0 Å². The summed E-state index contributed by atoms with van der Waals surface area (Å²) in [4.78, 5) is 17.5. The highest BCUT2D eigenvalue weighted by Gasteiger charge is 2.39. The maximum Gasteiger partial charge on any atom is 0.330 e. The first kappa shape index (κ1) is 24.0. The van der Waals surface area contributed by atoms with Gasteiger partial charge in [0.05, 0.1) is 13.2 Å². The number of ether oxygens (including phenoxy) is 1. The number of halogens is 3. The molecule has 0 aliphatic carbocycles. The Morgan fingerprint density at radius 3 is 2.56 bits per heavy atom. The average Bonchev–Trinajstić information content (AvgIpc) is 3.10. The van der Waals surface area contributed by atoms with Crippen LogP contribution in [-0.2, 0) is 16.0 Å². The number of aromatic nitrogens is 1. The second kappa shape index (κ2) is 8.91. The van der Waals surface area contributed by atoms with E-state index in [-0.39, 0.29) is 23.7 Å². The standard InChI is InChI=1S/C26H27F3N2O3/c1-14-8-17-11-22-21(30-15(2)34-22)12-18(17)25(31(14)13-26(3,4)29)24-19(27)9-16(10-20(24)28)6-7-23(32)33-5/h6-7,9-12,14,25H,8,13H2,1-5H3/b7-6+/t14-,25+/m0/s1. The third-order valence-corrected chi connectivity index (χ3v) is 6.01. The van der Waals surface area contributed by atoms with Crippen molar-refractivity contribution in [3.8, 4) is 0 Å². The maximum atomic E-state index is 15.5. The fourth-order valence-electron chi connectivity index (χ4n) is 4.64. The maximum absolute atomic E-state index is 15.5. The fraction of sp³-hybridized carbons (Fsp3) is 0.385. The monoisotopic (exact) mass is 472 g/mol. The zero-order chi connectivity index (χ0) is 24.8. The summed E-state index contributed by atoms with van der Waals surface area (Å²) in [5.74, 6) is -1.72. The number of carbonyl (C=O) groups is 1. The molecule has 0 saturated heterocycles. The summed E-state index contributed by atoms with van der Waals surface area (Å²) < 4.78 is 56.0. The van der Waals surface area contributed by atoms with Crippen LogP contribution in [0.25, 0.3) is 17.2 Å². The van der Waals surface area contributed by atoms with Crippen LogP contribution in [0, 0.1) is 18.6 Å². The molecule has 0 bridgehead atoms. The van der Waals surface area contributed by atoms with Gasteiger partial charge in [-0.05, 0) is 74.2 Å². The Hall–Kier alpha value is -3.13. The van der Waals surface area contributed by atoms with Crippen LogP contribution >= 0.6 is 0 Å². The van der Waals surface area contributed by atoms with Gasteiger partial charge in [0.25, 0.3) is 0 Å². The van der Waals surface area contributed by atoms with Crippen molar-refractivity contribution >= 4 is 23.1 Å². The summed E-state index contributed by atoms with van der Waals surface area (Å²) in [6.07, 6.45) is 2.94. The van der Waals surface area contributed by atoms with E-state index in [2.05, 4.69) is 9.72 Å². The van der Waals surface area contributed by atoms with Crippen LogP contribution in [0.15, 0.2) is 34.8 Å². The van der Waals surface area contributed by atoms with Gasteiger partial charge in [-0.3, -0.25) is 4.90 Å². The molecule has 2 aromatic carbocycles. The van der Waals surface area contributed by atoms with Crippen molar-refractivity contribution in [1.29, 1.82) is 0 Å². The van der Waals surface area contributed by atoms with E-state index < -0.39 is 29.3 Å². The largest absolute Gasteiger partial charge is 0.466 e. The molecule has 0 unspecified atom stereocenters. The number of methoxy groups -OCH3 is 1. The lowest BCUT2D eigenvalue weighted by Crippen LogP contribution is -2.48. The quantitative estimate of drug-likeness (QED) is 0.353. The molecular formula is C26H27F3N2O3. The number of hydrogen-bond acceptors (Lipinski definition) is 5. The second-order valence-corrected chi connectivity index (χ2v) is 9.35. The van der Waals surface area contributed by atoms with Gasteiger partial charge < -0.3 is 9.15 Å². The first-order valence-electron chi connectivity index (χ1n) is 11.1. The molecule has 0 saturated carbocycles. The van der Waals surface area contributed by atoms with Crippen molar-refractivity contribution in [2.75, 3.05) is 13.7 Å². The van der Waals surface area contributed by atoms with Crippen LogP contribution in [0.1, 0.15) is 55.0 Å². The number of rotatable bonds is 5. The number of nitrogens with zero attached hydrogens (tertiary/aromatic N) is 2. The van der Waals surface area contributed by atoms with Gasteiger partial charge in [0.1, 0.15) is 22.8 Å². The van der Waals surface area contributed by atoms with E-state index >= 15 is 8.78 Å². The molecule has 8 heteroatoms. The number of hydrogen-bond donors (Lipinski definition) is 0. The fourth-order valence-corrected chi connectivity index (χ4v) is 4.64. The molecule has 0 spiro atoms. The minimum Gasteiger partial charge on any atom is -0.466 e. The van der Waals surface area contributed by atoms with Gasteiger partial charge in [-0.25, -0.2) is 22.9 Å². The molecule has 1 aliphatic heterocycles. The van der Waals surface area contributed by atoms with Gasteiger partial charge in [0, 0.05) is 31.1 Å². The topological polar surface area (TPSA) is 55.6 Å². The summed E-state index contributed by atoms with van der Waals surface area (Å²) in [6.45, 7) is 6.53. The molecule has 0 fully saturated rings. The Morgan fingerprint density at radius 1 is 1.26 bits per heavy atom. The molecule has 2 atom stereocenters. The summed E-state index contributed by atoms with van der Waals surface area (Å²) in [6, 6.07) is 4.90. The first-order chi connectivity index (χ1) is 16.0. The lowest BCUT2D eigenvalue weighted by molar-refractivity contribution is -0.134. The Balaban J connectivity index is 1.89. The van der Waals surface area contributed by atoms with Crippen LogP contribution < -0.4 is 0 Å². The Labute approximate surface area is 196 Å². The van der Waals surface area contributed by atoms with Crippen LogP contribution in [0.5, 0.6) is 0 Å². The number of alkyl halides is 1. The van der Waals surface area contributed by atoms with Crippen molar-refractivity contribution in [3.05, 3.63) is 70.1 Å². The molecule has 3 aromatic rings. The van der Waals surface area contributed by atoms with Crippen molar-refractivity contribution in [2.24, 2.45) is 0 Å². The summed E-state index contributed by atoms with van der Waals surface area (Å²) in [7, 11) is 1.22. The van der Waals surface area contributed by atoms with Gasteiger partial charge >= 0.3 is 5.97 Å². The van der Waals surface area contributed by atoms with Gasteiger partial charge in [-0.15, -0.1) is 0 Å². The van der Waals surface area contributed by atoms with Gasteiger partial charge in [-0.1, -0.05) is 0 Å². The highest BCUT2D eigenvalue weighted by Crippen LogP contribution is 2.42. The SMILES string of the molecule is COC(=O)/C=C/c1cc(F)c([C@H]2c3cc4nc(C)oc4cc3C[C@H](C)N2CC(C)(C)F)c(F)c1. The van der Waals surface area contributed by atoms with E-state index in [0.29, 0.717) is 29.0 Å². The van der Waals surface area contributed by atoms with Crippen LogP contribution in [0.4, 0.5) is 13.2 Å². The van der Waals surface area contributed by atoms with Gasteiger partial charge in [0.15, 0.2) is 11.5 Å². The molecule has 0 radical (unpaired) electrons. The van der Waals surface area contributed by atoms with E-state index in [1.807, 2.05) is 13.0 Å². The third-order valence-electron chi connectivity index (χ3n) is 6.01. The molecule has 1 aliphatic rings. The van der Waals surface area contributed by atoms with Crippen molar-refractivity contribution in [1.82, 2.24) is 9.88 Å². The van der Waals surface area contributed by atoms with Crippen molar-refractivity contribution < 1.29 is 27.1 Å². The average molecular weight is 473 g/mol. The minimum atomic E-state index is -1.59. The van der Waals surface area contributed by atoms with E-state index in [1.165, 1.54) is 27.0 Å². The molecule has 5 nitrogen and oxygen atoms in total. The lowest BCUT2D eigenvalue weighted by atomic mass is 9.83. The Morgan fingerprint density at radius 2 is 1.94 bits per heavy atom. The van der Waals surface area contributed by atoms with E-state index in [4.69, 9.17) is 4.42 Å². The predicted molar refractivity (Wildman–Crippen MR) is 123 cm³/mol. The number of oxazole rings is 1. The summed E-state index contributed by atoms with van der Waals surface area (Å²) in [5, 5.41) is 0. The second-order valence-electron chi connectivity index (χ2n) is 9.35. The first-order valence-corrected chi connectivity index (χ1v) is 11.1. The molecule has 0 amide bonds. The molecule has 34 heavy (non-hydrogen) atoms. The molecule has 1 aromatic heterocycles. The Bertz CT molecular complexity index is 1250. The summed E-state index contributed by atoms with van der Waals surface area (Å²) >= 11 is 0. The molecule has 4 rings (SSSR count). The van der Waals surface area contributed by atoms with Gasteiger partial charge in [0.2, 0.25) is 0 Å². The number of esters is 1. The minimum absolute atomic E-state index is 0.0168.